The van der Waals surface area contributed by atoms with Gasteiger partial charge in [0.1, 0.15) is 5.75 Å². The van der Waals surface area contributed by atoms with Gasteiger partial charge in [-0.05, 0) is 36.1 Å². The zero-order chi connectivity index (χ0) is 9.97. The van der Waals surface area contributed by atoms with Crippen molar-refractivity contribution in [1.29, 1.82) is 0 Å². The summed E-state index contributed by atoms with van der Waals surface area (Å²) in [5.74, 6) is 0.327. The molecule has 0 radical (unpaired) electrons. The van der Waals surface area contributed by atoms with Crippen LogP contribution in [-0.4, -0.2) is 22.9 Å². The van der Waals surface area contributed by atoms with Crippen LogP contribution < -0.4 is 5.32 Å². The van der Waals surface area contributed by atoms with Gasteiger partial charge < -0.3 is 15.5 Å². The second kappa shape index (κ2) is 3.98. The lowest BCUT2D eigenvalue weighted by Gasteiger charge is -2.25. The molecule has 0 saturated carbocycles. The Hall–Kier alpha value is -1.06. The topological polar surface area (TPSA) is 52.5 Å². The zero-order valence-corrected chi connectivity index (χ0v) is 8.03. The first-order valence-electron chi connectivity index (χ1n) is 4.94. The van der Waals surface area contributed by atoms with E-state index >= 15 is 0 Å². The Bertz CT molecular complexity index is 325. The molecule has 1 aromatic rings. The molecule has 1 unspecified atom stereocenters. The maximum absolute atomic E-state index is 9.33. The molecule has 3 heteroatoms. The molecule has 3 nitrogen and oxygen atoms in total. The van der Waals surface area contributed by atoms with E-state index in [2.05, 4.69) is 5.32 Å². The minimum Gasteiger partial charge on any atom is -0.508 e. The van der Waals surface area contributed by atoms with Gasteiger partial charge in [0.25, 0.3) is 0 Å². The number of nitrogens with one attached hydrogen (secondary N) is 1. The largest absolute Gasteiger partial charge is 0.508 e. The highest BCUT2D eigenvalue weighted by molar-refractivity contribution is 5.36. The lowest BCUT2D eigenvalue weighted by molar-refractivity contribution is 0.260. The quantitative estimate of drug-likeness (QED) is 0.651. The van der Waals surface area contributed by atoms with Crippen molar-refractivity contribution < 1.29 is 10.2 Å². The average molecular weight is 193 g/mol. The summed E-state index contributed by atoms with van der Waals surface area (Å²) in [7, 11) is 0. The summed E-state index contributed by atoms with van der Waals surface area (Å²) in [5.41, 5.74) is 2.44. The SMILES string of the molecule is OCCC1Cc2cc(O)ccc2CN1. The van der Waals surface area contributed by atoms with Gasteiger partial charge in [-0.25, -0.2) is 0 Å². The summed E-state index contributed by atoms with van der Waals surface area (Å²) in [5, 5.41) is 21.5. The highest BCUT2D eigenvalue weighted by Gasteiger charge is 2.17. The molecule has 0 aliphatic carbocycles. The van der Waals surface area contributed by atoms with Crippen molar-refractivity contribution in [1.82, 2.24) is 5.32 Å². The number of hydrogen-bond donors (Lipinski definition) is 3. The molecule has 0 spiro atoms. The average Bonchev–Trinajstić information content (AvgIpc) is 2.17. The normalized spacial score (nSPS) is 20.5. The number of fused-ring (bicyclic) bond motifs is 1. The Kier molecular flexibility index (Phi) is 2.70. The molecule has 1 aliphatic rings. The Balaban J connectivity index is 2.16. The fourth-order valence-electron chi connectivity index (χ4n) is 1.93. The van der Waals surface area contributed by atoms with Crippen LogP contribution in [0.5, 0.6) is 5.75 Å². The number of aliphatic hydroxyl groups is 1. The number of phenols is 1. The van der Waals surface area contributed by atoms with Gasteiger partial charge in [0.2, 0.25) is 0 Å². The van der Waals surface area contributed by atoms with Gasteiger partial charge in [0.15, 0.2) is 0 Å². The molecule has 14 heavy (non-hydrogen) atoms. The highest BCUT2D eigenvalue weighted by atomic mass is 16.3. The molecule has 3 N–H and O–H groups in total. The Morgan fingerprint density at radius 1 is 1.36 bits per heavy atom. The molecule has 0 fully saturated rings. The minimum atomic E-state index is 0.214. The van der Waals surface area contributed by atoms with Crippen LogP contribution in [0.15, 0.2) is 18.2 Å². The molecule has 1 aromatic carbocycles. The standard InChI is InChI=1S/C11H15NO2/c13-4-3-10-5-9-6-11(14)2-1-8(9)7-12-10/h1-2,6,10,12-14H,3-5,7H2. The van der Waals surface area contributed by atoms with E-state index < -0.39 is 0 Å². The van der Waals surface area contributed by atoms with Crippen LogP contribution >= 0.6 is 0 Å². The van der Waals surface area contributed by atoms with E-state index in [0.717, 1.165) is 19.4 Å². The molecule has 76 valence electrons. The molecule has 1 heterocycles. The lowest BCUT2D eigenvalue weighted by atomic mass is 9.94. The smallest absolute Gasteiger partial charge is 0.115 e. The fourth-order valence-corrected chi connectivity index (χ4v) is 1.93. The van der Waals surface area contributed by atoms with Crippen molar-refractivity contribution in [2.45, 2.75) is 25.4 Å². The van der Waals surface area contributed by atoms with Crippen molar-refractivity contribution in [3.05, 3.63) is 29.3 Å². The monoisotopic (exact) mass is 193 g/mol. The highest BCUT2D eigenvalue weighted by Crippen LogP contribution is 2.22. The van der Waals surface area contributed by atoms with Gasteiger partial charge in [-0.2, -0.15) is 0 Å². The van der Waals surface area contributed by atoms with E-state index in [1.54, 1.807) is 6.07 Å². The first kappa shape index (κ1) is 9.49. The van der Waals surface area contributed by atoms with Crippen LogP contribution in [0.2, 0.25) is 0 Å². The minimum absolute atomic E-state index is 0.214. The van der Waals surface area contributed by atoms with E-state index in [9.17, 15) is 5.11 Å². The summed E-state index contributed by atoms with van der Waals surface area (Å²) in [6.07, 6.45) is 1.67. The van der Waals surface area contributed by atoms with Crippen molar-refractivity contribution >= 4 is 0 Å². The second-order valence-electron chi connectivity index (χ2n) is 3.75. The second-order valence-corrected chi connectivity index (χ2v) is 3.75. The predicted molar refractivity (Wildman–Crippen MR) is 54.1 cm³/mol. The van der Waals surface area contributed by atoms with Crippen molar-refractivity contribution in [2.24, 2.45) is 0 Å². The Labute approximate surface area is 83.4 Å². The fraction of sp³-hybridized carbons (Fsp3) is 0.455. The third-order valence-electron chi connectivity index (χ3n) is 2.71. The van der Waals surface area contributed by atoms with Gasteiger partial charge in [0.05, 0.1) is 0 Å². The van der Waals surface area contributed by atoms with Crippen LogP contribution in [0.4, 0.5) is 0 Å². The number of phenolic OH excluding ortho intramolecular Hbond substituents is 1. The maximum atomic E-state index is 9.33. The molecule has 2 rings (SSSR count). The van der Waals surface area contributed by atoms with Crippen LogP contribution in [0.3, 0.4) is 0 Å². The van der Waals surface area contributed by atoms with Gasteiger partial charge >= 0.3 is 0 Å². The van der Waals surface area contributed by atoms with E-state index in [-0.39, 0.29) is 6.61 Å². The first-order valence-corrected chi connectivity index (χ1v) is 4.94. The summed E-state index contributed by atoms with van der Waals surface area (Å²) in [6.45, 7) is 1.05. The lowest BCUT2D eigenvalue weighted by Crippen LogP contribution is -2.36. The number of aliphatic hydroxyl groups excluding tert-OH is 1. The van der Waals surface area contributed by atoms with E-state index in [4.69, 9.17) is 5.11 Å². The Morgan fingerprint density at radius 2 is 2.21 bits per heavy atom. The molecule has 0 saturated heterocycles. The van der Waals surface area contributed by atoms with E-state index in [0.29, 0.717) is 11.8 Å². The third kappa shape index (κ3) is 1.89. The van der Waals surface area contributed by atoms with Gasteiger partial charge in [-0.3, -0.25) is 0 Å². The number of rotatable bonds is 2. The molecule has 1 aliphatic heterocycles. The molecule has 1 atom stereocenters. The molecular weight excluding hydrogens is 178 g/mol. The van der Waals surface area contributed by atoms with Crippen molar-refractivity contribution in [3.8, 4) is 5.75 Å². The van der Waals surface area contributed by atoms with Crippen LogP contribution in [0.1, 0.15) is 17.5 Å². The van der Waals surface area contributed by atoms with Crippen molar-refractivity contribution in [2.75, 3.05) is 6.61 Å². The maximum Gasteiger partial charge on any atom is 0.115 e. The first-order chi connectivity index (χ1) is 6.79. The number of benzene rings is 1. The number of aromatic hydroxyl groups is 1. The van der Waals surface area contributed by atoms with E-state index in [1.807, 2.05) is 12.1 Å². The van der Waals surface area contributed by atoms with Crippen LogP contribution in [0.25, 0.3) is 0 Å². The molecule has 0 aromatic heterocycles. The number of hydrogen-bond acceptors (Lipinski definition) is 3. The summed E-state index contributed by atoms with van der Waals surface area (Å²) in [4.78, 5) is 0. The summed E-state index contributed by atoms with van der Waals surface area (Å²) >= 11 is 0. The van der Waals surface area contributed by atoms with Crippen LogP contribution in [0, 0.1) is 0 Å². The molecule has 0 amide bonds. The van der Waals surface area contributed by atoms with Gasteiger partial charge in [0, 0.05) is 19.2 Å². The third-order valence-corrected chi connectivity index (χ3v) is 2.71. The summed E-state index contributed by atoms with van der Waals surface area (Å²) < 4.78 is 0. The zero-order valence-electron chi connectivity index (χ0n) is 8.03. The van der Waals surface area contributed by atoms with E-state index in [1.165, 1.54) is 11.1 Å². The summed E-state index contributed by atoms with van der Waals surface area (Å²) in [6, 6.07) is 5.83. The Morgan fingerprint density at radius 3 is 3.00 bits per heavy atom. The van der Waals surface area contributed by atoms with Gasteiger partial charge in [-0.15, -0.1) is 0 Å². The predicted octanol–water partition coefficient (Wildman–Crippen LogP) is 0.789. The molecular formula is C11H15NO2. The van der Waals surface area contributed by atoms with Gasteiger partial charge in [-0.1, -0.05) is 6.07 Å². The van der Waals surface area contributed by atoms with Crippen molar-refractivity contribution in [3.63, 3.8) is 0 Å². The van der Waals surface area contributed by atoms with Crippen LogP contribution in [-0.2, 0) is 13.0 Å². The molecule has 0 bridgehead atoms.